The Balaban J connectivity index is 1.46. The van der Waals surface area contributed by atoms with Crippen molar-refractivity contribution in [2.75, 3.05) is 5.32 Å². The number of halogens is 3. The molecule has 2 aromatic heterocycles. The van der Waals surface area contributed by atoms with Crippen molar-refractivity contribution in [2.24, 2.45) is 0 Å². The average molecular weight is 454 g/mol. The summed E-state index contributed by atoms with van der Waals surface area (Å²) < 4.78 is 49.3. The molecular formula is C23H17F3N4O3. The van der Waals surface area contributed by atoms with Crippen molar-refractivity contribution in [2.45, 2.75) is 13.3 Å². The third-order valence-electron chi connectivity index (χ3n) is 4.36. The lowest BCUT2D eigenvalue weighted by atomic mass is 10.2. The summed E-state index contributed by atoms with van der Waals surface area (Å²) in [5.74, 6) is 0.629. The van der Waals surface area contributed by atoms with E-state index in [1.165, 1.54) is 18.2 Å². The van der Waals surface area contributed by atoms with Crippen molar-refractivity contribution >= 4 is 11.6 Å². The van der Waals surface area contributed by atoms with E-state index >= 15 is 0 Å². The maximum absolute atomic E-state index is 12.6. The maximum Gasteiger partial charge on any atom is 0.573 e. The number of nitrogens with zero attached hydrogens (tertiary/aromatic N) is 3. The van der Waals surface area contributed by atoms with Gasteiger partial charge in [0.25, 0.3) is 5.91 Å². The highest BCUT2D eigenvalue weighted by atomic mass is 19.4. The molecule has 4 rings (SSSR count). The molecule has 0 aliphatic carbocycles. The molecule has 0 saturated heterocycles. The van der Waals surface area contributed by atoms with Gasteiger partial charge in [-0.1, -0.05) is 12.1 Å². The van der Waals surface area contributed by atoms with Gasteiger partial charge in [0.2, 0.25) is 5.88 Å². The fraction of sp³-hybridized carbons (Fsp3) is 0.0870. The van der Waals surface area contributed by atoms with Crippen molar-refractivity contribution < 1.29 is 27.4 Å². The standard InChI is InChI=1S/C23H17F3N4O3/c1-15-27-20(30-12-4-5-13-30)14-21(28-15)32-17-10-8-16(9-11-17)29-22(31)18-6-2-3-7-19(18)33-23(24,25)26/h2-14H,1H3,(H,29,31). The van der Waals surface area contributed by atoms with Crippen molar-refractivity contribution in [1.82, 2.24) is 14.5 Å². The lowest BCUT2D eigenvalue weighted by Crippen LogP contribution is -2.20. The number of amides is 1. The minimum atomic E-state index is -4.91. The average Bonchev–Trinajstić information content (AvgIpc) is 3.29. The highest BCUT2D eigenvalue weighted by molar-refractivity contribution is 6.06. The number of ether oxygens (including phenoxy) is 2. The first kappa shape index (κ1) is 21.9. The molecule has 168 valence electrons. The Morgan fingerprint density at radius 2 is 1.67 bits per heavy atom. The van der Waals surface area contributed by atoms with Crippen LogP contribution >= 0.6 is 0 Å². The van der Waals surface area contributed by atoms with E-state index in [0.717, 1.165) is 6.07 Å². The molecule has 0 unspecified atom stereocenters. The van der Waals surface area contributed by atoms with Crippen molar-refractivity contribution in [1.29, 1.82) is 0 Å². The van der Waals surface area contributed by atoms with Crippen molar-refractivity contribution in [3.8, 4) is 23.2 Å². The zero-order valence-electron chi connectivity index (χ0n) is 17.2. The quantitative estimate of drug-likeness (QED) is 0.415. The van der Waals surface area contributed by atoms with Crippen LogP contribution in [0.25, 0.3) is 5.82 Å². The first-order valence-electron chi connectivity index (χ1n) is 9.70. The minimum absolute atomic E-state index is 0.246. The molecule has 1 N–H and O–H groups in total. The summed E-state index contributed by atoms with van der Waals surface area (Å²) in [6.07, 6.45) is -1.21. The number of alkyl halides is 3. The molecule has 0 spiro atoms. The summed E-state index contributed by atoms with van der Waals surface area (Å²) in [6.45, 7) is 1.75. The van der Waals surface area contributed by atoms with Gasteiger partial charge in [0.15, 0.2) is 0 Å². The highest BCUT2D eigenvalue weighted by Gasteiger charge is 2.32. The van der Waals surface area contributed by atoms with Gasteiger partial charge >= 0.3 is 6.36 Å². The van der Waals surface area contributed by atoms with Gasteiger partial charge in [-0.25, -0.2) is 4.98 Å². The molecule has 10 heteroatoms. The highest BCUT2D eigenvalue weighted by Crippen LogP contribution is 2.28. The topological polar surface area (TPSA) is 78.3 Å². The Bertz CT molecular complexity index is 1260. The number of carbonyl (C=O) groups is 1. The molecule has 2 aromatic carbocycles. The molecule has 0 fully saturated rings. The number of hydrogen-bond acceptors (Lipinski definition) is 5. The Hall–Kier alpha value is -4.34. The van der Waals surface area contributed by atoms with Crippen LogP contribution in [-0.4, -0.2) is 26.8 Å². The number of benzene rings is 2. The summed E-state index contributed by atoms with van der Waals surface area (Å²) >= 11 is 0. The Kier molecular flexibility index (Phi) is 5.99. The molecular weight excluding hydrogens is 437 g/mol. The van der Waals surface area contributed by atoms with Crippen molar-refractivity contribution in [3.63, 3.8) is 0 Å². The largest absolute Gasteiger partial charge is 0.573 e. The number of anilines is 1. The lowest BCUT2D eigenvalue weighted by molar-refractivity contribution is -0.274. The second-order valence-electron chi connectivity index (χ2n) is 6.83. The van der Waals surface area contributed by atoms with Crippen LogP contribution in [0.15, 0.2) is 79.1 Å². The van der Waals surface area contributed by atoms with Gasteiger partial charge in [0.1, 0.15) is 23.1 Å². The minimum Gasteiger partial charge on any atom is -0.439 e. The maximum atomic E-state index is 12.6. The summed E-state index contributed by atoms with van der Waals surface area (Å²) in [7, 11) is 0. The smallest absolute Gasteiger partial charge is 0.439 e. The molecule has 0 saturated carbocycles. The van der Waals surface area contributed by atoms with Crippen LogP contribution in [-0.2, 0) is 0 Å². The van der Waals surface area contributed by atoms with Gasteiger partial charge in [0.05, 0.1) is 5.56 Å². The number of hydrogen-bond donors (Lipinski definition) is 1. The molecule has 33 heavy (non-hydrogen) atoms. The first-order chi connectivity index (χ1) is 15.8. The SMILES string of the molecule is Cc1nc(Oc2ccc(NC(=O)c3ccccc3OC(F)(F)F)cc2)cc(-n2cccc2)n1. The van der Waals surface area contributed by atoms with Crippen LogP contribution in [0, 0.1) is 6.92 Å². The molecule has 0 radical (unpaired) electrons. The van der Waals surface area contributed by atoms with Crippen LogP contribution < -0.4 is 14.8 Å². The Morgan fingerprint density at radius 3 is 2.36 bits per heavy atom. The number of rotatable bonds is 6. The summed E-state index contributed by atoms with van der Waals surface area (Å²) in [5.41, 5.74) is 0.116. The second kappa shape index (κ2) is 9.03. The molecule has 4 aromatic rings. The summed E-state index contributed by atoms with van der Waals surface area (Å²) in [6, 6.07) is 16.8. The van der Waals surface area contributed by atoms with Gasteiger partial charge in [-0.15, -0.1) is 13.2 Å². The molecule has 7 nitrogen and oxygen atoms in total. The van der Waals surface area contributed by atoms with E-state index in [9.17, 15) is 18.0 Å². The number of para-hydroxylation sites is 1. The second-order valence-corrected chi connectivity index (χ2v) is 6.83. The van der Waals surface area contributed by atoms with Gasteiger partial charge in [-0.05, 0) is 55.5 Å². The number of aromatic nitrogens is 3. The monoisotopic (exact) mass is 454 g/mol. The van der Waals surface area contributed by atoms with Gasteiger partial charge in [0, 0.05) is 24.1 Å². The Labute approximate surface area is 186 Å². The van der Waals surface area contributed by atoms with E-state index < -0.39 is 18.0 Å². The van der Waals surface area contributed by atoms with Crippen LogP contribution in [0.3, 0.4) is 0 Å². The lowest BCUT2D eigenvalue weighted by Gasteiger charge is -2.13. The van der Waals surface area contributed by atoms with Gasteiger partial charge < -0.3 is 19.4 Å². The van der Waals surface area contributed by atoms with E-state index in [1.54, 1.807) is 37.3 Å². The third kappa shape index (κ3) is 5.67. The van der Waals surface area contributed by atoms with E-state index in [1.807, 2.05) is 29.1 Å². The first-order valence-corrected chi connectivity index (χ1v) is 9.70. The van der Waals surface area contributed by atoms with Crippen LogP contribution in [0.5, 0.6) is 17.4 Å². The molecule has 1 amide bonds. The number of nitrogens with one attached hydrogen (secondary N) is 1. The van der Waals surface area contributed by atoms with E-state index in [4.69, 9.17) is 4.74 Å². The van der Waals surface area contributed by atoms with Crippen LogP contribution in [0.4, 0.5) is 18.9 Å². The summed E-state index contributed by atoms with van der Waals surface area (Å²) in [4.78, 5) is 21.1. The zero-order valence-corrected chi connectivity index (χ0v) is 17.2. The van der Waals surface area contributed by atoms with E-state index in [2.05, 4.69) is 20.0 Å². The van der Waals surface area contributed by atoms with E-state index in [-0.39, 0.29) is 5.56 Å². The zero-order chi connectivity index (χ0) is 23.4. The molecule has 0 aliphatic heterocycles. The molecule has 0 atom stereocenters. The van der Waals surface area contributed by atoms with Gasteiger partial charge in [-0.2, -0.15) is 4.98 Å². The predicted octanol–water partition coefficient (Wildman–Crippen LogP) is 5.52. The van der Waals surface area contributed by atoms with Crippen molar-refractivity contribution in [3.05, 3.63) is 90.5 Å². The normalized spacial score (nSPS) is 11.2. The van der Waals surface area contributed by atoms with Crippen LogP contribution in [0.1, 0.15) is 16.2 Å². The number of carbonyl (C=O) groups excluding carboxylic acids is 1. The Morgan fingerprint density at radius 1 is 0.970 bits per heavy atom. The predicted molar refractivity (Wildman–Crippen MR) is 114 cm³/mol. The van der Waals surface area contributed by atoms with Crippen LogP contribution in [0.2, 0.25) is 0 Å². The summed E-state index contributed by atoms with van der Waals surface area (Å²) in [5, 5.41) is 2.54. The fourth-order valence-electron chi connectivity index (χ4n) is 2.99. The fourth-order valence-corrected chi connectivity index (χ4v) is 2.99. The van der Waals surface area contributed by atoms with Gasteiger partial charge in [-0.3, -0.25) is 4.79 Å². The number of aryl methyl sites for hydroxylation is 1. The molecule has 2 heterocycles. The molecule has 0 bridgehead atoms. The van der Waals surface area contributed by atoms with E-state index in [0.29, 0.717) is 29.0 Å². The molecule has 0 aliphatic rings. The third-order valence-corrected chi connectivity index (χ3v) is 4.36.